The Hall–Kier alpha value is -0.610. The second kappa shape index (κ2) is 5.80. The average molecular weight is 265 g/mol. The van der Waals surface area contributed by atoms with Gasteiger partial charge in [0.25, 0.3) is 0 Å². The van der Waals surface area contributed by atoms with Crippen LogP contribution in [-0.2, 0) is 4.79 Å². The van der Waals surface area contributed by atoms with Crippen LogP contribution in [0.5, 0.6) is 0 Å². The van der Waals surface area contributed by atoms with E-state index in [1.807, 2.05) is 4.90 Å². The second-order valence-corrected chi connectivity index (χ2v) is 6.44. The minimum absolute atomic E-state index is 0.234. The molecule has 2 unspecified atom stereocenters. The van der Waals surface area contributed by atoms with Crippen molar-refractivity contribution in [3.63, 3.8) is 0 Å². The Morgan fingerprint density at radius 3 is 2.53 bits per heavy atom. The minimum Gasteiger partial charge on any atom is -0.343 e. The molecule has 4 nitrogen and oxygen atoms in total. The highest BCUT2D eigenvalue weighted by Gasteiger charge is 2.36. The van der Waals surface area contributed by atoms with Crippen molar-refractivity contribution >= 4 is 5.91 Å². The van der Waals surface area contributed by atoms with E-state index in [0.29, 0.717) is 12.1 Å². The molecule has 0 spiro atoms. The monoisotopic (exact) mass is 265 g/mol. The lowest BCUT2D eigenvalue weighted by Gasteiger charge is -2.37. The summed E-state index contributed by atoms with van der Waals surface area (Å²) >= 11 is 0. The molecular formula is C15H27N3O. The van der Waals surface area contributed by atoms with Gasteiger partial charge in [-0.15, -0.1) is 0 Å². The summed E-state index contributed by atoms with van der Waals surface area (Å²) in [5, 5.41) is 3.90. The van der Waals surface area contributed by atoms with E-state index in [2.05, 4.69) is 10.2 Å². The number of nitrogens with one attached hydrogen (secondary N) is 1. The Balaban J connectivity index is 1.48. The van der Waals surface area contributed by atoms with E-state index < -0.39 is 0 Å². The van der Waals surface area contributed by atoms with Crippen molar-refractivity contribution in [1.29, 1.82) is 0 Å². The quantitative estimate of drug-likeness (QED) is 0.815. The highest BCUT2D eigenvalue weighted by Crippen LogP contribution is 2.28. The molecule has 0 aliphatic carbocycles. The molecule has 3 fully saturated rings. The summed E-state index contributed by atoms with van der Waals surface area (Å²) in [5.41, 5.74) is 0. The highest BCUT2D eigenvalue weighted by molar-refractivity contribution is 5.73. The molecule has 3 rings (SSSR count). The second-order valence-electron chi connectivity index (χ2n) is 6.44. The van der Waals surface area contributed by atoms with E-state index in [4.69, 9.17) is 0 Å². The zero-order valence-electron chi connectivity index (χ0n) is 12.1. The predicted octanol–water partition coefficient (Wildman–Crippen LogP) is 1.21. The van der Waals surface area contributed by atoms with Crippen LogP contribution in [0.3, 0.4) is 0 Å². The number of carbonyl (C=O) groups is 1. The molecule has 0 aromatic rings. The van der Waals surface area contributed by atoms with Crippen molar-refractivity contribution in [2.45, 2.75) is 63.6 Å². The third-order valence-electron chi connectivity index (χ3n) is 5.25. The van der Waals surface area contributed by atoms with Crippen molar-refractivity contribution in [1.82, 2.24) is 15.1 Å². The molecule has 0 radical (unpaired) electrons. The maximum Gasteiger partial charge on any atom is 0.219 e. The van der Waals surface area contributed by atoms with E-state index in [1.54, 1.807) is 6.92 Å². The fraction of sp³-hybridized carbons (Fsp3) is 0.933. The first kappa shape index (κ1) is 13.4. The Morgan fingerprint density at radius 1 is 1.00 bits per heavy atom. The van der Waals surface area contributed by atoms with Crippen LogP contribution in [0.4, 0.5) is 0 Å². The number of rotatable bonds is 2. The van der Waals surface area contributed by atoms with Crippen LogP contribution in [0.25, 0.3) is 0 Å². The first-order valence-electron chi connectivity index (χ1n) is 7.99. The molecule has 3 aliphatic rings. The van der Waals surface area contributed by atoms with Crippen LogP contribution in [0.2, 0.25) is 0 Å². The summed E-state index contributed by atoms with van der Waals surface area (Å²) in [6.07, 6.45) is 7.75. The lowest BCUT2D eigenvalue weighted by atomic mass is 9.96. The number of fused-ring (bicyclic) bond motifs is 1. The molecule has 0 aromatic heterocycles. The molecule has 4 heteroatoms. The van der Waals surface area contributed by atoms with Gasteiger partial charge in [-0.1, -0.05) is 6.42 Å². The Bertz CT molecular complexity index is 325. The van der Waals surface area contributed by atoms with Crippen LogP contribution in [0.15, 0.2) is 0 Å². The minimum atomic E-state index is 0.234. The van der Waals surface area contributed by atoms with Crippen molar-refractivity contribution in [3.8, 4) is 0 Å². The summed E-state index contributed by atoms with van der Waals surface area (Å²) < 4.78 is 0. The van der Waals surface area contributed by atoms with Crippen LogP contribution in [0, 0.1) is 0 Å². The van der Waals surface area contributed by atoms with Gasteiger partial charge in [0.2, 0.25) is 5.91 Å². The predicted molar refractivity (Wildman–Crippen MR) is 76.0 cm³/mol. The lowest BCUT2D eigenvalue weighted by Crippen LogP contribution is -2.51. The largest absolute Gasteiger partial charge is 0.343 e. The first-order valence-corrected chi connectivity index (χ1v) is 7.99. The van der Waals surface area contributed by atoms with Crippen LogP contribution < -0.4 is 5.32 Å². The first-order chi connectivity index (χ1) is 9.24. The van der Waals surface area contributed by atoms with Crippen molar-refractivity contribution in [2.24, 2.45) is 0 Å². The van der Waals surface area contributed by atoms with E-state index in [0.717, 1.165) is 32.0 Å². The molecule has 19 heavy (non-hydrogen) atoms. The van der Waals surface area contributed by atoms with Gasteiger partial charge in [-0.3, -0.25) is 9.69 Å². The van der Waals surface area contributed by atoms with Gasteiger partial charge in [0.05, 0.1) is 0 Å². The Morgan fingerprint density at radius 2 is 1.79 bits per heavy atom. The van der Waals surface area contributed by atoms with Crippen LogP contribution >= 0.6 is 0 Å². The number of likely N-dealkylation sites (tertiary alicyclic amines) is 1. The zero-order chi connectivity index (χ0) is 13.2. The fourth-order valence-corrected chi connectivity index (χ4v) is 4.11. The average Bonchev–Trinajstić information content (AvgIpc) is 2.83. The van der Waals surface area contributed by atoms with E-state index in [1.165, 1.54) is 38.8 Å². The number of hydrogen-bond donors (Lipinski definition) is 1. The molecule has 3 heterocycles. The number of hydrogen-bond acceptors (Lipinski definition) is 3. The van der Waals surface area contributed by atoms with E-state index in [-0.39, 0.29) is 5.91 Å². The number of amides is 1. The van der Waals surface area contributed by atoms with E-state index in [9.17, 15) is 4.79 Å². The molecule has 1 amide bonds. The van der Waals surface area contributed by atoms with Crippen LogP contribution in [0.1, 0.15) is 45.4 Å². The molecule has 0 aromatic carbocycles. The summed E-state index contributed by atoms with van der Waals surface area (Å²) in [6.45, 7) is 6.16. The number of carbonyl (C=O) groups excluding carboxylic acids is 1. The van der Waals surface area contributed by atoms with Gasteiger partial charge in [0.1, 0.15) is 0 Å². The molecular weight excluding hydrogens is 238 g/mol. The van der Waals surface area contributed by atoms with Gasteiger partial charge in [0.15, 0.2) is 0 Å². The molecule has 0 bridgehead atoms. The molecule has 3 aliphatic heterocycles. The number of nitrogens with zero attached hydrogens (tertiary/aromatic N) is 2. The summed E-state index contributed by atoms with van der Waals surface area (Å²) in [6, 6.07) is 2.12. The Labute approximate surface area is 116 Å². The van der Waals surface area contributed by atoms with Gasteiger partial charge in [-0.2, -0.15) is 0 Å². The van der Waals surface area contributed by atoms with Crippen molar-refractivity contribution < 1.29 is 4.79 Å². The van der Waals surface area contributed by atoms with Crippen LogP contribution in [-0.4, -0.2) is 60.0 Å². The highest BCUT2D eigenvalue weighted by atomic mass is 16.2. The summed E-state index contributed by atoms with van der Waals surface area (Å²) in [5.74, 6) is 0.234. The third kappa shape index (κ3) is 2.95. The normalized spacial score (nSPS) is 33.4. The SMILES string of the molecule is CC(=O)N1CCC(NC2CCN3CCCCC23)CC1. The topological polar surface area (TPSA) is 35.6 Å². The summed E-state index contributed by atoms with van der Waals surface area (Å²) in [7, 11) is 0. The summed E-state index contributed by atoms with van der Waals surface area (Å²) in [4.78, 5) is 16.0. The molecule has 3 saturated heterocycles. The maximum absolute atomic E-state index is 11.3. The smallest absolute Gasteiger partial charge is 0.219 e. The lowest BCUT2D eigenvalue weighted by molar-refractivity contribution is -0.129. The molecule has 1 N–H and O–H groups in total. The molecule has 0 saturated carbocycles. The third-order valence-corrected chi connectivity index (χ3v) is 5.25. The zero-order valence-corrected chi connectivity index (χ0v) is 12.1. The van der Waals surface area contributed by atoms with Gasteiger partial charge in [-0.25, -0.2) is 0 Å². The Kier molecular flexibility index (Phi) is 4.08. The molecule has 108 valence electrons. The van der Waals surface area contributed by atoms with Crippen molar-refractivity contribution in [3.05, 3.63) is 0 Å². The van der Waals surface area contributed by atoms with E-state index >= 15 is 0 Å². The number of piperidine rings is 2. The van der Waals surface area contributed by atoms with Crippen molar-refractivity contribution in [2.75, 3.05) is 26.2 Å². The molecule has 2 atom stereocenters. The van der Waals surface area contributed by atoms with Gasteiger partial charge in [0, 0.05) is 44.7 Å². The maximum atomic E-state index is 11.3. The standard InChI is InChI=1S/C15H27N3O/c1-12(19)17-9-5-13(6-10-17)16-14-7-11-18-8-3-2-4-15(14)18/h13-16H,2-11H2,1H3. The van der Waals surface area contributed by atoms with Gasteiger partial charge in [-0.05, 0) is 38.6 Å². The van der Waals surface area contributed by atoms with Gasteiger partial charge < -0.3 is 10.2 Å². The fourth-order valence-electron chi connectivity index (χ4n) is 4.11. The van der Waals surface area contributed by atoms with Gasteiger partial charge >= 0.3 is 0 Å².